The summed E-state index contributed by atoms with van der Waals surface area (Å²) in [5.74, 6) is 0. The summed E-state index contributed by atoms with van der Waals surface area (Å²) >= 11 is 1.88. The summed E-state index contributed by atoms with van der Waals surface area (Å²) in [6.45, 7) is 0. The normalized spacial score (nSPS) is 12.2. The van der Waals surface area contributed by atoms with E-state index < -0.39 is 0 Å². The number of nitrogens with zero attached hydrogens (tertiary/aromatic N) is 3. The number of thiophene rings is 1. The SMILES string of the molecule is c1cc(-n2c3ccccc3c3cc(-n4c5ccccc5c5ccccc54)ccc32)c2c(c1)sc1cc(-n3c4ccccc4c4ccccc43)ccc12. The smallest absolute Gasteiger partial charge is 0.0555 e. The maximum absolute atomic E-state index is 2.48. The van der Waals surface area contributed by atoms with Crippen LogP contribution in [0.2, 0.25) is 0 Å². The van der Waals surface area contributed by atoms with E-state index in [-0.39, 0.29) is 0 Å². The summed E-state index contributed by atoms with van der Waals surface area (Å²) in [6, 6.07) is 64.6. The molecule has 0 radical (unpaired) electrons. The Morgan fingerprint density at radius 1 is 0.288 bits per heavy atom. The highest BCUT2D eigenvalue weighted by molar-refractivity contribution is 7.26. The van der Waals surface area contributed by atoms with Gasteiger partial charge in [0.2, 0.25) is 0 Å². The molecule has 242 valence electrons. The molecule has 3 nitrogen and oxygen atoms in total. The van der Waals surface area contributed by atoms with E-state index in [1.807, 2.05) is 11.3 Å². The van der Waals surface area contributed by atoms with Crippen LogP contribution in [0.1, 0.15) is 0 Å². The van der Waals surface area contributed by atoms with Crippen LogP contribution in [-0.2, 0) is 0 Å². The van der Waals surface area contributed by atoms with E-state index in [1.54, 1.807) is 0 Å². The van der Waals surface area contributed by atoms with Gasteiger partial charge in [0.05, 0.1) is 38.8 Å². The minimum atomic E-state index is 1.17. The van der Waals surface area contributed by atoms with Crippen molar-refractivity contribution < 1.29 is 0 Å². The summed E-state index contributed by atoms with van der Waals surface area (Å²) in [5.41, 5.74) is 10.9. The molecule has 0 saturated carbocycles. The largest absolute Gasteiger partial charge is 0.309 e. The maximum atomic E-state index is 2.48. The molecule has 52 heavy (non-hydrogen) atoms. The fourth-order valence-electron chi connectivity index (χ4n) is 8.88. The number of para-hydroxylation sites is 5. The summed E-state index contributed by atoms with van der Waals surface area (Å²) < 4.78 is 9.89. The molecule has 0 aliphatic rings. The Labute approximate surface area is 302 Å². The highest BCUT2D eigenvalue weighted by atomic mass is 32.1. The van der Waals surface area contributed by atoms with Crippen molar-refractivity contribution in [3.05, 3.63) is 176 Å². The minimum Gasteiger partial charge on any atom is -0.309 e. The zero-order valence-corrected chi connectivity index (χ0v) is 28.8. The lowest BCUT2D eigenvalue weighted by molar-refractivity contribution is 1.17. The van der Waals surface area contributed by atoms with Crippen molar-refractivity contribution in [2.75, 3.05) is 0 Å². The third-order valence-electron chi connectivity index (χ3n) is 11.0. The van der Waals surface area contributed by atoms with Crippen LogP contribution in [0.5, 0.6) is 0 Å². The molecule has 4 heterocycles. The Kier molecular flexibility index (Phi) is 5.65. The van der Waals surface area contributed by atoms with Gasteiger partial charge in [-0.2, -0.15) is 0 Å². The number of rotatable bonds is 3. The van der Waals surface area contributed by atoms with Crippen molar-refractivity contribution in [2.45, 2.75) is 0 Å². The van der Waals surface area contributed by atoms with Gasteiger partial charge < -0.3 is 13.7 Å². The lowest BCUT2D eigenvalue weighted by Gasteiger charge is -2.12. The maximum Gasteiger partial charge on any atom is 0.0555 e. The molecular formula is C48H29N3S. The van der Waals surface area contributed by atoms with Crippen LogP contribution in [0.3, 0.4) is 0 Å². The van der Waals surface area contributed by atoms with E-state index in [4.69, 9.17) is 0 Å². The first-order chi connectivity index (χ1) is 25.8. The molecule has 0 fully saturated rings. The summed E-state index contributed by atoms with van der Waals surface area (Å²) in [6.07, 6.45) is 0. The molecular weight excluding hydrogens is 651 g/mol. The van der Waals surface area contributed by atoms with E-state index in [0.29, 0.717) is 0 Å². The van der Waals surface area contributed by atoms with Crippen LogP contribution in [-0.4, -0.2) is 13.7 Å². The third kappa shape index (κ3) is 3.74. The van der Waals surface area contributed by atoms with Crippen LogP contribution in [0, 0.1) is 0 Å². The van der Waals surface area contributed by atoms with Gasteiger partial charge in [-0.15, -0.1) is 11.3 Å². The van der Waals surface area contributed by atoms with Crippen LogP contribution in [0.25, 0.3) is 103 Å². The number of benzene rings is 8. The van der Waals surface area contributed by atoms with Crippen LogP contribution >= 0.6 is 11.3 Å². The molecule has 4 heteroatoms. The third-order valence-corrected chi connectivity index (χ3v) is 12.2. The van der Waals surface area contributed by atoms with E-state index in [9.17, 15) is 0 Å². The second-order valence-corrected chi connectivity index (χ2v) is 14.8. The van der Waals surface area contributed by atoms with Crippen LogP contribution in [0.4, 0.5) is 0 Å². The molecule has 0 unspecified atom stereocenters. The van der Waals surface area contributed by atoms with Crippen LogP contribution < -0.4 is 0 Å². The standard InChI is InChI=1S/C48H29N3S/c1-6-17-39-32(12-1)33-13-2-7-18-40(33)49(39)30-25-27-44-38(28-30)36-16-5-10-21-43(36)51(44)45-22-11-23-46-48(45)37-26-24-31(29-47(37)52-46)50-41-19-8-3-14-34(41)35-15-4-9-20-42(35)50/h1-29H. The molecule has 0 aliphatic carbocycles. The molecule has 0 bridgehead atoms. The molecule has 0 aliphatic heterocycles. The fourth-order valence-corrected chi connectivity index (χ4v) is 10.0. The lowest BCUT2D eigenvalue weighted by atomic mass is 10.1. The van der Waals surface area contributed by atoms with Gasteiger partial charge in [-0.3, -0.25) is 0 Å². The predicted molar refractivity (Wildman–Crippen MR) is 222 cm³/mol. The second-order valence-electron chi connectivity index (χ2n) is 13.7. The lowest BCUT2D eigenvalue weighted by Crippen LogP contribution is -1.96. The Balaban J connectivity index is 1.09. The van der Waals surface area contributed by atoms with Gasteiger partial charge in [0.25, 0.3) is 0 Å². The molecule has 12 rings (SSSR count). The Hall–Kier alpha value is -6.62. The molecule has 4 aromatic heterocycles. The van der Waals surface area contributed by atoms with Gasteiger partial charge >= 0.3 is 0 Å². The summed E-state index contributed by atoms with van der Waals surface area (Å²) in [4.78, 5) is 0. The van der Waals surface area contributed by atoms with E-state index >= 15 is 0 Å². The molecule has 0 amide bonds. The Morgan fingerprint density at radius 2 is 0.731 bits per heavy atom. The fraction of sp³-hybridized carbons (Fsp3) is 0. The number of hydrogen-bond acceptors (Lipinski definition) is 1. The first kappa shape index (κ1) is 28.1. The van der Waals surface area contributed by atoms with E-state index in [0.717, 1.165) is 0 Å². The average molecular weight is 680 g/mol. The van der Waals surface area contributed by atoms with Crippen molar-refractivity contribution in [3.8, 4) is 17.1 Å². The quantitative estimate of drug-likeness (QED) is 0.177. The van der Waals surface area contributed by atoms with Gasteiger partial charge in [-0.05, 0) is 72.8 Å². The highest BCUT2D eigenvalue weighted by Crippen LogP contribution is 2.43. The first-order valence-corrected chi connectivity index (χ1v) is 18.6. The summed E-state index contributed by atoms with van der Waals surface area (Å²) in [5, 5.41) is 10.2. The summed E-state index contributed by atoms with van der Waals surface area (Å²) in [7, 11) is 0. The van der Waals surface area contributed by atoms with Crippen LogP contribution in [0.15, 0.2) is 176 Å². The molecule has 0 atom stereocenters. The first-order valence-electron chi connectivity index (χ1n) is 17.8. The Bertz CT molecular complexity index is 3320. The predicted octanol–water partition coefficient (Wildman–Crippen LogP) is 13.3. The zero-order chi connectivity index (χ0) is 33.9. The van der Waals surface area contributed by atoms with Gasteiger partial charge in [-0.25, -0.2) is 0 Å². The molecule has 0 N–H and O–H groups in total. The van der Waals surface area contributed by atoms with E-state index in [1.165, 1.54) is 103 Å². The van der Waals surface area contributed by atoms with Gasteiger partial charge in [0, 0.05) is 63.9 Å². The van der Waals surface area contributed by atoms with Gasteiger partial charge in [0.15, 0.2) is 0 Å². The molecule has 0 saturated heterocycles. The topological polar surface area (TPSA) is 14.8 Å². The van der Waals surface area contributed by atoms with Crippen molar-refractivity contribution in [3.63, 3.8) is 0 Å². The number of fused-ring (bicyclic) bond motifs is 12. The second kappa shape index (κ2) is 10.5. The van der Waals surface area contributed by atoms with Crippen molar-refractivity contribution in [1.29, 1.82) is 0 Å². The van der Waals surface area contributed by atoms with Gasteiger partial charge in [-0.1, -0.05) is 103 Å². The Morgan fingerprint density at radius 3 is 1.29 bits per heavy atom. The van der Waals surface area contributed by atoms with E-state index in [2.05, 4.69) is 190 Å². The monoisotopic (exact) mass is 679 g/mol. The molecule has 0 spiro atoms. The van der Waals surface area contributed by atoms with Crippen molar-refractivity contribution in [1.82, 2.24) is 13.7 Å². The molecule has 12 aromatic rings. The van der Waals surface area contributed by atoms with Crippen molar-refractivity contribution >= 4 is 96.9 Å². The van der Waals surface area contributed by atoms with Crippen molar-refractivity contribution in [2.24, 2.45) is 0 Å². The number of aromatic nitrogens is 3. The van der Waals surface area contributed by atoms with Gasteiger partial charge in [0.1, 0.15) is 0 Å². The zero-order valence-electron chi connectivity index (χ0n) is 28.0. The molecule has 8 aromatic carbocycles. The highest BCUT2D eigenvalue weighted by Gasteiger charge is 2.20. The number of hydrogen-bond donors (Lipinski definition) is 0. The minimum absolute atomic E-state index is 1.17. The average Bonchev–Trinajstić information content (AvgIpc) is 3.94.